The second-order valence-corrected chi connectivity index (χ2v) is 10.8. The number of aliphatic imine (C=N–C) groups is 1. The highest BCUT2D eigenvalue weighted by Crippen LogP contribution is 2.55. The minimum atomic E-state index is -0.727. The Kier molecular flexibility index (Phi) is 6.86. The van der Waals surface area contributed by atoms with Crippen molar-refractivity contribution < 1.29 is 18.9 Å². The summed E-state index contributed by atoms with van der Waals surface area (Å²) in [7, 11) is 2.11. The normalized spacial score (nSPS) is 23.9. The summed E-state index contributed by atoms with van der Waals surface area (Å²) in [6.45, 7) is 10.5. The summed E-state index contributed by atoms with van der Waals surface area (Å²) < 4.78 is 24.4. The standard InChI is InChI=1S/C31H37N3O4/c1-30(2)26-10-6-7-11-27(26)33(3)31(30)22-32-28-25-9-5-4-8-23(25)20-24(29(28)38-31)21-34-12-14-35-16-18-37-19-17-36-15-13-34/h4-11,20,22H,12-19,21H2,1-3H3. The third-order valence-corrected chi connectivity index (χ3v) is 8.25. The molecule has 3 aliphatic rings. The van der Waals surface area contributed by atoms with Crippen molar-refractivity contribution in [3.8, 4) is 5.75 Å². The van der Waals surface area contributed by atoms with E-state index in [0.717, 1.165) is 42.0 Å². The van der Waals surface area contributed by atoms with Crippen LogP contribution in [0.5, 0.6) is 5.75 Å². The number of benzene rings is 3. The number of anilines is 1. The smallest absolute Gasteiger partial charge is 0.228 e. The lowest BCUT2D eigenvalue weighted by Gasteiger charge is -2.45. The monoisotopic (exact) mass is 515 g/mol. The topological polar surface area (TPSA) is 55.8 Å². The molecule has 0 N–H and O–H groups in total. The van der Waals surface area contributed by atoms with E-state index in [1.807, 2.05) is 6.21 Å². The Hall–Kier alpha value is -2.97. The van der Waals surface area contributed by atoms with Crippen LogP contribution in [0.4, 0.5) is 11.4 Å². The van der Waals surface area contributed by atoms with Crippen LogP contribution in [0.25, 0.3) is 10.8 Å². The first-order valence-electron chi connectivity index (χ1n) is 13.6. The van der Waals surface area contributed by atoms with E-state index in [-0.39, 0.29) is 5.41 Å². The molecule has 1 unspecified atom stereocenters. The van der Waals surface area contributed by atoms with Gasteiger partial charge in [0.05, 0.1) is 51.3 Å². The van der Waals surface area contributed by atoms with Gasteiger partial charge in [-0.2, -0.15) is 0 Å². The van der Waals surface area contributed by atoms with Crippen molar-refractivity contribution in [3.05, 3.63) is 65.7 Å². The fourth-order valence-electron chi connectivity index (χ4n) is 6.03. The molecule has 1 saturated heterocycles. The number of rotatable bonds is 2. The molecule has 0 radical (unpaired) electrons. The van der Waals surface area contributed by atoms with Crippen molar-refractivity contribution in [3.63, 3.8) is 0 Å². The van der Waals surface area contributed by atoms with Crippen molar-refractivity contribution in [2.45, 2.75) is 31.5 Å². The Labute approximate surface area is 224 Å². The van der Waals surface area contributed by atoms with E-state index >= 15 is 0 Å². The SMILES string of the molecule is CN1c2ccccc2C(C)(C)C12C=Nc1c(c(CN3CCOCCOCCOCC3)cc3ccccc13)O2. The molecule has 3 aromatic carbocycles. The van der Waals surface area contributed by atoms with E-state index in [0.29, 0.717) is 39.6 Å². The molecule has 0 saturated carbocycles. The summed E-state index contributed by atoms with van der Waals surface area (Å²) in [5.41, 5.74) is 3.44. The van der Waals surface area contributed by atoms with E-state index in [1.165, 1.54) is 16.6 Å². The van der Waals surface area contributed by atoms with E-state index in [9.17, 15) is 0 Å². The Morgan fingerprint density at radius 3 is 2.24 bits per heavy atom. The molecule has 3 aliphatic heterocycles. The zero-order valence-electron chi connectivity index (χ0n) is 22.6. The molecular weight excluding hydrogens is 478 g/mol. The number of para-hydroxylation sites is 1. The van der Waals surface area contributed by atoms with Gasteiger partial charge in [-0.3, -0.25) is 9.89 Å². The summed E-state index contributed by atoms with van der Waals surface area (Å²) in [6.07, 6.45) is 2.02. The third-order valence-electron chi connectivity index (χ3n) is 8.25. The maximum atomic E-state index is 7.18. The van der Waals surface area contributed by atoms with Crippen LogP contribution in [-0.2, 0) is 26.2 Å². The van der Waals surface area contributed by atoms with Crippen LogP contribution in [0.2, 0.25) is 0 Å². The molecule has 0 aromatic heterocycles. The number of nitrogens with zero attached hydrogens (tertiary/aromatic N) is 3. The molecule has 7 heteroatoms. The van der Waals surface area contributed by atoms with Crippen LogP contribution in [0.15, 0.2) is 59.6 Å². The van der Waals surface area contributed by atoms with Gasteiger partial charge in [0.2, 0.25) is 5.72 Å². The van der Waals surface area contributed by atoms with Gasteiger partial charge in [0.15, 0.2) is 5.75 Å². The van der Waals surface area contributed by atoms with Crippen LogP contribution >= 0.6 is 0 Å². The van der Waals surface area contributed by atoms with E-state index in [1.54, 1.807) is 0 Å². The Morgan fingerprint density at radius 2 is 1.50 bits per heavy atom. The van der Waals surface area contributed by atoms with E-state index in [4.69, 9.17) is 23.9 Å². The zero-order valence-corrected chi connectivity index (χ0v) is 22.6. The number of hydrogen-bond donors (Lipinski definition) is 0. The third kappa shape index (κ3) is 4.28. The lowest BCUT2D eigenvalue weighted by atomic mass is 9.77. The van der Waals surface area contributed by atoms with Crippen LogP contribution in [-0.4, -0.2) is 76.6 Å². The lowest BCUT2D eigenvalue weighted by molar-refractivity contribution is -0.00713. The number of hydrogen-bond acceptors (Lipinski definition) is 7. The number of likely N-dealkylation sites (N-methyl/N-ethyl adjacent to an activating group) is 1. The predicted octanol–water partition coefficient (Wildman–Crippen LogP) is 4.92. The fraction of sp³-hybridized carbons (Fsp3) is 0.452. The number of ether oxygens (including phenoxy) is 4. The van der Waals surface area contributed by atoms with Crippen LogP contribution in [0, 0.1) is 0 Å². The van der Waals surface area contributed by atoms with E-state index < -0.39 is 5.72 Å². The summed E-state index contributed by atoms with van der Waals surface area (Å²) in [5.74, 6) is 0.861. The molecule has 1 atom stereocenters. The fourth-order valence-corrected chi connectivity index (χ4v) is 6.03. The molecule has 3 aromatic rings. The van der Waals surface area contributed by atoms with Gasteiger partial charge in [-0.05, 0) is 36.9 Å². The molecule has 7 nitrogen and oxygen atoms in total. The lowest BCUT2D eigenvalue weighted by Crippen LogP contribution is -2.61. The van der Waals surface area contributed by atoms with Crippen molar-refractivity contribution in [1.82, 2.24) is 4.90 Å². The highest BCUT2D eigenvalue weighted by molar-refractivity contribution is 6.00. The zero-order chi connectivity index (χ0) is 26.2. The van der Waals surface area contributed by atoms with Crippen molar-refractivity contribution in [2.75, 3.05) is 64.7 Å². The second kappa shape index (κ2) is 10.3. The minimum absolute atomic E-state index is 0.306. The predicted molar refractivity (Wildman–Crippen MR) is 151 cm³/mol. The van der Waals surface area contributed by atoms with Gasteiger partial charge < -0.3 is 23.8 Å². The summed E-state index contributed by atoms with van der Waals surface area (Å²) in [4.78, 5) is 9.78. The largest absolute Gasteiger partial charge is 0.459 e. The molecule has 3 heterocycles. The van der Waals surface area contributed by atoms with Crippen molar-refractivity contribution >= 4 is 28.4 Å². The maximum Gasteiger partial charge on any atom is 0.228 e. The molecule has 38 heavy (non-hydrogen) atoms. The van der Waals surface area contributed by atoms with Crippen LogP contribution in [0.3, 0.4) is 0 Å². The number of fused-ring (bicyclic) bond motifs is 4. The highest BCUT2D eigenvalue weighted by Gasteiger charge is 2.58. The van der Waals surface area contributed by atoms with Crippen molar-refractivity contribution in [2.24, 2.45) is 4.99 Å². The Bertz CT molecular complexity index is 1330. The van der Waals surface area contributed by atoms with Gasteiger partial charge in [0, 0.05) is 43.3 Å². The second-order valence-electron chi connectivity index (χ2n) is 10.8. The quantitative estimate of drug-likeness (QED) is 0.483. The van der Waals surface area contributed by atoms with Gasteiger partial charge >= 0.3 is 0 Å². The first-order valence-corrected chi connectivity index (χ1v) is 13.6. The molecule has 0 aliphatic carbocycles. The minimum Gasteiger partial charge on any atom is -0.459 e. The van der Waals surface area contributed by atoms with E-state index in [2.05, 4.69) is 85.3 Å². The first-order chi connectivity index (χ1) is 18.5. The molecule has 6 rings (SSSR count). The Balaban J connectivity index is 1.39. The van der Waals surface area contributed by atoms with Crippen molar-refractivity contribution in [1.29, 1.82) is 0 Å². The maximum absolute atomic E-state index is 7.18. The summed E-state index contributed by atoms with van der Waals surface area (Å²) >= 11 is 0. The molecule has 200 valence electrons. The molecule has 0 bridgehead atoms. The molecule has 1 fully saturated rings. The highest BCUT2D eigenvalue weighted by atomic mass is 16.5. The average Bonchev–Trinajstić information content (AvgIpc) is 3.08. The first kappa shape index (κ1) is 25.3. The molecule has 0 amide bonds. The van der Waals surface area contributed by atoms with Crippen LogP contribution < -0.4 is 9.64 Å². The van der Waals surface area contributed by atoms with Gasteiger partial charge in [-0.25, -0.2) is 0 Å². The molecular formula is C31H37N3O4. The van der Waals surface area contributed by atoms with Gasteiger partial charge in [0.1, 0.15) is 5.69 Å². The van der Waals surface area contributed by atoms with Gasteiger partial charge in [-0.1, -0.05) is 42.5 Å². The average molecular weight is 516 g/mol. The Morgan fingerprint density at radius 1 is 0.842 bits per heavy atom. The van der Waals surface area contributed by atoms with Crippen LogP contribution in [0.1, 0.15) is 25.0 Å². The van der Waals surface area contributed by atoms with Gasteiger partial charge in [0.25, 0.3) is 0 Å². The summed E-state index contributed by atoms with van der Waals surface area (Å²) in [5, 5.41) is 2.27. The summed E-state index contributed by atoms with van der Waals surface area (Å²) in [6, 6.07) is 19.3. The van der Waals surface area contributed by atoms with Gasteiger partial charge in [-0.15, -0.1) is 0 Å². The molecule has 1 spiro atoms.